The Balaban J connectivity index is 0.000000293. The van der Waals surface area contributed by atoms with Crippen molar-refractivity contribution in [3.05, 3.63) is 10.3 Å². The molecule has 0 aliphatic rings. The van der Waals surface area contributed by atoms with Crippen molar-refractivity contribution >= 4 is 37.2 Å². The maximum atomic E-state index is 11.6. The van der Waals surface area contributed by atoms with Crippen LogP contribution in [0.3, 0.4) is 0 Å². The Morgan fingerprint density at radius 3 is 1.56 bits per heavy atom. The molecule has 0 saturated heterocycles. The molecule has 0 atom stereocenters. The van der Waals surface area contributed by atoms with Crippen LogP contribution in [0.2, 0.25) is 0 Å². The number of hydrogen-bond acceptors (Lipinski definition) is 2. The molecule has 98 valence electrons. The third-order valence-corrected chi connectivity index (χ3v) is 2.30. The third-order valence-electron chi connectivity index (χ3n) is 0.618. The van der Waals surface area contributed by atoms with E-state index in [2.05, 4.69) is 3.76 Å². The Labute approximate surface area is 91.7 Å². The summed E-state index contributed by atoms with van der Waals surface area (Å²) in [5, 5.41) is 0.991. The van der Waals surface area contributed by atoms with Gasteiger partial charge in [0.25, 0.3) is 4.88 Å². The molecule has 1 nitrogen and oxygen atoms in total. The van der Waals surface area contributed by atoms with Gasteiger partial charge in [-0.25, -0.2) is 0 Å². The Hall–Kier alpha value is -0.0916. The van der Waals surface area contributed by atoms with Gasteiger partial charge in [0.1, 0.15) is 0 Å². The first kappa shape index (κ1) is 15.9. The Bertz CT molecular complexity index is 322. The van der Waals surface area contributed by atoms with E-state index < -0.39 is 25.2 Å². The number of alkyl halides is 3. The fourth-order valence-corrected chi connectivity index (χ4v) is 1.57. The van der Waals surface area contributed by atoms with Crippen molar-refractivity contribution in [2.75, 3.05) is 0 Å². The summed E-state index contributed by atoms with van der Waals surface area (Å²) in [5.41, 5.74) is 0. The molecule has 0 spiro atoms. The topological polar surface area (TPSA) is 12.9 Å². The second-order valence-corrected chi connectivity index (χ2v) is 7.90. The first-order valence-corrected chi connectivity index (χ1v) is 8.79. The van der Waals surface area contributed by atoms with E-state index in [1.165, 1.54) is 0 Å². The summed E-state index contributed by atoms with van der Waals surface area (Å²) < 4.78 is 97.6. The van der Waals surface area contributed by atoms with Crippen LogP contribution in [0, 0.1) is 0 Å². The van der Waals surface area contributed by atoms with Crippen molar-refractivity contribution in [1.82, 2.24) is 3.76 Å². The Kier molecular flexibility index (Phi) is 3.68. The van der Waals surface area contributed by atoms with Crippen LogP contribution in [0.5, 0.6) is 0 Å². The summed E-state index contributed by atoms with van der Waals surface area (Å²) in [5.74, 6) is 0. The maximum absolute atomic E-state index is 11.6. The molecular weight excluding hydrogens is 360 g/mol. The van der Waals surface area contributed by atoms with Gasteiger partial charge in [0.2, 0.25) is 23.1 Å². The van der Waals surface area contributed by atoms with Crippen molar-refractivity contribution in [2.24, 2.45) is 0 Å². The van der Waals surface area contributed by atoms with Crippen LogP contribution in [0.1, 0.15) is 4.88 Å². The normalized spacial score (nSPS) is 16.8. The predicted molar refractivity (Wildman–Crippen MR) is 41.8 cm³/mol. The van der Waals surface area contributed by atoms with Gasteiger partial charge < -0.3 is 0 Å². The van der Waals surface area contributed by atoms with Gasteiger partial charge in [-0.3, -0.25) is 0 Å². The van der Waals surface area contributed by atoms with Crippen molar-refractivity contribution in [3.63, 3.8) is 0 Å². The molecular formula is C3HAsF9NS2. The third kappa shape index (κ3) is 13.9. The van der Waals surface area contributed by atoms with Crippen LogP contribution in [0.4, 0.5) is 34.0 Å². The minimum atomic E-state index is -11.1. The summed E-state index contributed by atoms with van der Waals surface area (Å²) >= 11 is -9.77. The van der Waals surface area contributed by atoms with Crippen molar-refractivity contribution in [3.8, 4) is 0 Å². The zero-order valence-corrected chi connectivity index (χ0v) is 10.2. The van der Waals surface area contributed by atoms with Gasteiger partial charge >= 0.3 is 41.1 Å². The molecule has 1 heterocycles. The van der Waals surface area contributed by atoms with Crippen LogP contribution in [-0.2, 0) is 6.18 Å². The fraction of sp³-hybridized carbons (Fsp3) is 0.333. The summed E-state index contributed by atoms with van der Waals surface area (Å²) in [6.45, 7) is 0. The molecule has 16 heavy (non-hydrogen) atoms. The number of hydrogen-bond donors (Lipinski definition) is 0. The van der Waals surface area contributed by atoms with Crippen LogP contribution < -0.4 is 0 Å². The first-order chi connectivity index (χ1) is 6.55. The van der Waals surface area contributed by atoms with Crippen LogP contribution in [0.25, 0.3) is 0 Å². The van der Waals surface area contributed by atoms with E-state index in [9.17, 15) is 34.0 Å². The van der Waals surface area contributed by atoms with E-state index in [0.717, 1.165) is 16.9 Å². The van der Waals surface area contributed by atoms with Gasteiger partial charge in [-0.15, -0.1) is 0 Å². The fourth-order valence-electron chi connectivity index (χ4n) is 0.271. The molecule has 0 aliphatic carbocycles. The summed E-state index contributed by atoms with van der Waals surface area (Å²) in [6.07, 6.45) is -4.21. The summed E-state index contributed by atoms with van der Waals surface area (Å²) in [7, 11) is 0. The molecule has 0 fully saturated rings. The molecule has 0 aliphatic heterocycles. The molecule has 0 radical (unpaired) electrons. The number of rotatable bonds is 0. The van der Waals surface area contributed by atoms with E-state index in [4.69, 9.17) is 0 Å². The van der Waals surface area contributed by atoms with Crippen LogP contribution in [0.15, 0.2) is 5.38 Å². The van der Waals surface area contributed by atoms with Gasteiger partial charge in [-0.2, -0.15) is 13.2 Å². The molecule has 0 bridgehead atoms. The summed E-state index contributed by atoms with van der Waals surface area (Å²) in [6, 6.07) is 0. The predicted octanol–water partition coefficient (Wildman–Crippen LogP) is 4.64. The molecule has 0 aromatic carbocycles. The molecule has 0 unspecified atom stereocenters. The Morgan fingerprint density at radius 2 is 1.44 bits per heavy atom. The number of aromatic nitrogens is 1. The average Bonchev–Trinajstić information content (AvgIpc) is 2.24. The van der Waals surface area contributed by atoms with E-state index in [1.54, 1.807) is 0 Å². The molecule has 0 N–H and O–H groups in total. The van der Waals surface area contributed by atoms with Crippen LogP contribution in [-0.4, -0.2) is 17.9 Å². The first-order valence-electron chi connectivity index (χ1n) is 2.92. The van der Waals surface area contributed by atoms with Crippen molar-refractivity contribution in [2.45, 2.75) is 6.18 Å². The Morgan fingerprint density at radius 1 is 1.06 bits per heavy atom. The zero-order valence-electron chi connectivity index (χ0n) is 6.69. The molecule has 0 amide bonds. The van der Waals surface area contributed by atoms with E-state index in [-0.39, 0.29) is 0 Å². The SMILES string of the molecule is FC(F)(F)c1c[s+]ns1.F[As-](F)(F)(F)(F)F. The second kappa shape index (κ2) is 3.70. The average molecular weight is 361 g/mol. The molecule has 13 heteroatoms. The molecule has 1 aromatic rings. The number of halogens is 9. The number of nitrogens with zero attached hydrogens (tertiary/aromatic N) is 1. The van der Waals surface area contributed by atoms with E-state index in [1.807, 2.05) is 0 Å². The van der Waals surface area contributed by atoms with Crippen LogP contribution >= 0.6 is 23.1 Å². The van der Waals surface area contributed by atoms with Gasteiger partial charge in [0.15, 0.2) is 5.38 Å². The molecule has 0 saturated carbocycles. The van der Waals surface area contributed by atoms with Gasteiger partial charge in [-0.05, 0) is 0 Å². The van der Waals surface area contributed by atoms with Crippen molar-refractivity contribution in [1.29, 1.82) is 0 Å². The zero-order chi connectivity index (χ0) is 13.3. The van der Waals surface area contributed by atoms with Crippen molar-refractivity contribution < 1.29 is 34.0 Å². The van der Waals surface area contributed by atoms with Gasteiger partial charge in [0, 0.05) is 0 Å². The standard InChI is InChI=1S/C3HF3NS2.AsF6/c4-3(5,6)2-1-8-7-9-2;2-1(3,4,5,6)7/h1H;/q+1;-1. The van der Waals surface area contributed by atoms with Gasteiger partial charge in [0.05, 0.1) is 3.76 Å². The minimum absolute atomic E-state index is 0.473. The van der Waals surface area contributed by atoms with E-state index >= 15 is 0 Å². The molecule has 1 rings (SSSR count). The summed E-state index contributed by atoms with van der Waals surface area (Å²) in [4.78, 5) is -0.632. The quantitative estimate of drug-likeness (QED) is 0.373. The monoisotopic (exact) mass is 361 g/mol. The van der Waals surface area contributed by atoms with Gasteiger partial charge in [-0.1, -0.05) is 0 Å². The second-order valence-electron chi connectivity index (χ2n) is 2.21. The van der Waals surface area contributed by atoms with E-state index in [0.29, 0.717) is 11.5 Å². The molecule has 1 aromatic heterocycles.